The quantitative estimate of drug-likeness (QED) is 0.838. The average Bonchev–Trinajstić information content (AvgIpc) is 2.61. The summed E-state index contributed by atoms with van der Waals surface area (Å²) in [6.07, 6.45) is 4.67. The molecule has 2 aliphatic heterocycles. The standard InChI is InChI=1S/C21H33NO2.ClH/c1-21(2,3)18-4-5-20(24-15-16-8-12-23-13-9-16)19(14-18)17-6-10-22-11-7-17;/h4-5,14,16-17,22H,6-13,15H2,1-3H3;1H. The van der Waals surface area contributed by atoms with Crippen LogP contribution in [0, 0.1) is 5.92 Å². The van der Waals surface area contributed by atoms with Crippen LogP contribution in [0.3, 0.4) is 0 Å². The van der Waals surface area contributed by atoms with E-state index in [4.69, 9.17) is 9.47 Å². The Morgan fingerprint density at radius 3 is 2.40 bits per heavy atom. The van der Waals surface area contributed by atoms with Crippen LogP contribution in [-0.2, 0) is 10.2 Å². The molecule has 1 aromatic rings. The zero-order chi connectivity index (χ0) is 17.0. The zero-order valence-corrected chi connectivity index (χ0v) is 16.8. The highest BCUT2D eigenvalue weighted by Gasteiger charge is 2.23. The van der Waals surface area contributed by atoms with E-state index < -0.39 is 0 Å². The lowest BCUT2D eigenvalue weighted by atomic mass is 9.82. The maximum Gasteiger partial charge on any atom is 0.122 e. The number of nitrogens with one attached hydrogen (secondary N) is 1. The molecule has 25 heavy (non-hydrogen) atoms. The van der Waals surface area contributed by atoms with Crippen LogP contribution in [0.25, 0.3) is 0 Å². The van der Waals surface area contributed by atoms with Gasteiger partial charge in [-0.05, 0) is 73.2 Å². The van der Waals surface area contributed by atoms with E-state index in [1.165, 1.54) is 24.0 Å². The molecule has 2 saturated heterocycles. The van der Waals surface area contributed by atoms with Crippen LogP contribution in [0.4, 0.5) is 0 Å². The van der Waals surface area contributed by atoms with Gasteiger partial charge in [-0.2, -0.15) is 0 Å². The first-order chi connectivity index (χ1) is 11.5. The van der Waals surface area contributed by atoms with Gasteiger partial charge in [-0.3, -0.25) is 0 Å². The first kappa shape index (κ1) is 20.5. The second-order valence-corrected chi connectivity index (χ2v) is 8.39. The van der Waals surface area contributed by atoms with Gasteiger partial charge in [-0.1, -0.05) is 32.9 Å². The van der Waals surface area contributed by atoms with Gasteiger partial charge in [0.05, 0.1) is 6.61 Å². The lowest BCUT2D eigenvalue weighted by molar-refractivity contribution is 0.0495. The van der Waals surface area contributed by atoms with Crippen molar-refractivity contribution in [3.05, 3.63) is 29.3 Å². The third-order valence-corrected chi connectivity index (χ3v) is 5.47. The minimum Gasteiger partial charge on any atom is -0.493 e. The smallest absolute Gasteiger partial charge is 0.122 e. The number of piperidine rings is 1. The number of rotatable bonds is 4. The Bertz CT molecular complexity index is 529. The molecule has 142 valence electrons. The van der Waals surface area contributed by atoms with Gasteiger partial charge in [-0.15, -0.1) is 12.4 Å². The van der Waals surface area contributed by atoms with Gasteiger partial charge in [0.2, 0.25) is 0 Å². The largest absolute Gasteiger partial charge is 0.493 e. The van der Waals surface area contributed by atoms with Crippen molar-refractivity contribution in [1.82, 2.24) is 5.32 Å². The van der Waals surface area contributed by atoms with Crippen molar-refractivity contribution in [3.8, 4) is 5.75 Å². The Labute approximate surface area is 159 Å². The van der Waals surface area contributed by atoms with Crippen molar-refractivity contribution in [3.63, 3.8) is 0 Å². The molecule has 1 aromatic carbocycles. The van der Waals surface area contributed by atoms with Crippen molar-refractivity contribution in [2.75, 3.05) is 32.9 Å². The summed E-state index contributed by atoms with van der Waals surface area (Å²) in [4.78, 5) is 0. The van der Waals surface area contributed by atoms with Crippen molar-refractivity contribution in [2.24, 2.45) is 5.92 Å². The van der Waals surface area contributed by atoms with Crippen LogP contribution in [0.1, 0.15) is 63.5 Å². The van der Waals surface area contributed by atoms with E-state index in [1.54, 1.807) is 0 Å². The second-order valence-electron chi connectivity index (χ2n) is 8.39. The Kier molecular flexibility index (Phi) is 7.60. The first-order valence-electron chi connectivity index (χ1n) is 9.60. The van der Waals surface area contributed by atoms with Crippen LogP contribution in [0.5, 0.6) is 5.75 Å². The Hall–Kier alpha value is -0.770. The van der Waals surface area contributed by atoms with Crippen molar-refractivity contribution in [2.45, 2.75) is 57.8 Å². The predicted octanol–water partition coefficient (Wildman–Crippen LogP) is 4.68. The van der Waals surface area contributed by atoms with Crippen LogP contribution in [0.15, 0.2) is 18.2 Å². The molecule has 0 amide bonds. The monoisotopic (exact) mass is 367 g/mol. The van der Waals surface area contributed by atoms with E-state index in [9.17, 15) is 0 Å². The van der Waals surface area contributed by atoms with Gasteiger partial charge in [0.1, 0.15) is 5.75 Å². The highest BCUT2D eigenvalue weighted by atomic mass is 35.5. The first-order valence-corrected chi connectivity index (χ1v) is 9.60. The summed E-state index contributed by atoms with van der Waals surface area (Å²) >= 11 is 0. The molecule has 2 heterocycles. The van der Waals surface area contributed by atoms with E-state index in [0.717, 1.165) is 51.5 Å². The van der Waals surface area contributed by atoms with Crippen molar-refractivity contribution >= 4 is 12.4 Å². The topological polar surface area (TPSA) is 30.5 Å². The summed E-state index contributed by atoms with van der Waals surface area (Å²) in [7, 11) is 0. The Morgan fingerprint density at radius 2 is 1.76 bits per heavy atom. The van der Waals surface area contributed by atoms with Crippen molar-refractivity contribution < 1.29 is 9.47 Å². The lowest BCUT2D eigenvalue weighted by Gasteiger charge is -2.29. The molecule has 2 fully saturated rings. The fourth-order valence-corrected chi connectivity index (χ4v) is 3.72. The van der Waals surface area contributed by atoms with Crippen LogP contribution in [-0.4, -0.2) is 32.9 Å². The van der Waals surface area contributed by atoms with E-state index in [0.29, 0.717) is 11.8 Å². The van der Waals surface area contributed by atoms with Crippen LogP contribution in [0.2, 0.25) is 0 Å². The third kappa shape index (κ3) is 5.60. The average molecular weight is 368 g/mol. The Balaban J connectivity index is 0.00000225. The zero-order valence-electron chi connectivity index (χ0n) is 16.0. The van der Waals surface area contributed by atoms with Gasteiger partial charge in [-0.25, -0.2) is 0 Å². The normalized spacial score (nSPS) is 20.1. The van der Waals surface area contributed by atoms with Gasteiger partial charge < -0.3 is 14.8 Å². The molecule has 3 rings (SSSR count). The maximum atomic E-state index is 6.32. The summed E-state index contributed by atoms with van der Waals surface area (Å²) in [5.74, 6) is 2.38. The minimum atomic E-state index is 0. The molecule has 0 radical (unpaired) electrons. The summed E-state index contributed by atoms with van der Waals surface area (Å²) in [5, 5.41) is 3.48. The molecule has 1 N–H and O–H groups in total. The molecule has 0 aliphatic carbocycles. The summed E-state index contributed by atoms with van der Waals surface area (Å²) < 4.78 is 11.8. The molecule has 0 atom stereocenters. The molecular formula is C21H34ClNO2. The predicted molar refractivity (Wildman–Crippen MR) is 106 cm³/mol. The summed E-state index contributed by atoms with van der Waals surface area (Å²) in [6.45, 7) is 11.7. The number of benzene rings is 1. The highest BCUT2D eigenvalue weighted by Crippen LogP contribution is 2.36. The number of hydrogen-bond donors (Lipinski definition) is 1. The number of hydrogen-bond acceptors (Lipinski definition) is 3. The molecule has 0 aromatic heterocycles. The van der Waals surface area contributed by atoms with Crippen LogP contribution >= 0.6 is 12.4 Å². The third-order valence-electron chi connectivity index (χ3n) is 5.47. The van der Waals surface area contributed by atoms with Crippen molar-refractivity contribution in [1.29, 1.82) is 0 Å². The fraction of sp³-hybridized carbons (Fsp3) is 0.714. The molecular weight excluding hydrogens is 334 g/mol. The molecule has 4 heteroatoms. The van der Waals surface area contributed by atoms with E-state index in [2.05, 4.69) is 44.3 Å². The highest BCUT2D eigenvalue weighted by molar-refractivity contribution is 5.85. The Morgan fingerprint density at radius 1 is 1.08 bits per heavy atom. The van der Waals surface area contributed by atoms with Gasteiger partial charge in [0.25, 0.3) is 0 Å². The number of halogens is 1. The van der Waals surface area contributed by atoms with Crippen LogP contribution < -0.4 is 10.1 Å². The molecule has 0 unspecified atom stereocenters. The molecule has 2 aliphatic rings. The second kappa shape index (κ2) is 9.25. The van der Waals surface area contributed by atoms with Gasteiger partial charge in [0, 0.05) is 13.2 Å². The lowest BCUT2D eigenvalue weighted by Crippen LogP contribution is -2.27. The van der Waals surface area contributed by atoms with Gasteiger partial charge in [0.15, 0.2) is 0 Å². The summed E-state index contributed by atoms with van der Waals surface area (Å²) in [6, 6.07) is 6.89. The van der Waals surface area contributed by atoms with E-state index >= 15 is 0 Å². The molecule has 0 bridgehead atoms. The molecule has 0 saturated carbocycles. The van der Waals surface area contributed by atoms with E-state index in [-0.39, 0.29) is 17.8 Å². The van der Waals surface area contributed by atoms with Gasteiger partial charge >= 0.3 is 0 Å². The fourth-order valence-electron chi connectivity index (χ4n) is 3.72. The SMILES string of the molecule is CC(C)(C)c1ccc(OCC2CCOCC2)c(C2CCNCC2)c1.Cl. The molecule has 3 nitrogen and oxygen atoms in total. The maximum absolute atomic E-state index is 6.32. The van der Waals surface area contributed by atoms with E-state index in [1.807, 2.05) is 0 Å². The number of ether oxygens (including phenoxy) is 2. The molecule has 0 spiro atoms. The summed E-state index contributed by atoms with van der Waals surface area (Å²) in [5.41, 5.74) is 3.02. The minimum absolute atomic E-state index is 0.